The van der Waals surface area contributed by atoms with Crippen molar-refractivity contribution in [3.8, 4) is 5.75 Å². The van der Waals surface area contributed by atoms with Crippen LogP contribution in [0, 0.1) is 0 Å². The molecule has 1 aliphatic rings. The Morgan fingerprint density at radius 1 is 1.04 bits per heavy atom. The normalized spacial score (nSPS) is 15.4. The lowest BCUT2D eigenvalue weighted by Crippen LogP contribution is -2.47. The van der Waals surface area contributed by atoms with Gasteiger partial charge in [-0.15, -0.1) is 0 Å². The summed E-state index contributed by atoms with van der Waals surface area (Å²) in [6, 6.07) is 15.8. The Balaban J connectivity index is 1.37. The Labute approximate surface area is 172 Å². The maximum atomic E-state index is 12.3. The number of rotatable bonds is 8. The predicted octanol–water partition coefficient (Wildman–Crippen LogP) is 3.54. The monoisotopic (exact) mass is 401 g/mol. The summed E-state index contributed by atoms with van der Waals surface area (Å²) in [6.07, 6.45) is 1.55. The van der Waals surface area contributed by atoms with Gasteiger partial charge in [-0.05, 0) is 30.2 Å². The van der Waals surface area contributed by atoms with Crippen molar-refractivity contribution < 1.29 is 9.53 Å². The van der Waals surface area contributed by atoms with E-state index < -0.39 is 0 Å². The first-order chi connectivity index (χ1) is 13.6. The molecule has 0 radical (unpaired) electrons. The van der Waals surface area contributed by atoms with E-state index >= 15 is 0 Å². The third-order valence-corrected chi connectivity index (χ3v) is 5.35. The third kappa shape index (κ3) is 6.23. The summed E-state index contributed by atoms with van der Waals surface area (Å²) in [5.41, 5.74) is 2.00. The maximum Gasteiger partial charge on any atom is 0.225 e. The minimum atomic E-state index is -0.0212. The van der Waals surface area contributed by atoms with Gasteiger partial charge in [-0.25, -0.2) is 0 Å². The van der Waals surface area contributed by atoms with Gasteiger partial charge in [-0.3, -0.25) is 4.79 Å². The van der Waals surface area contributed by atoms with Crippen LogP contribution >= 0.6 is 11.6 Å². The number of benzene rings is 2. The molecule has 0 aliphatic carbocycles. The molecule has 1 N–H and O–H groups in total. The second-order valence-electron chi connectivity index (χ2n) is 7.06. The molecule has 1 heterocycles. The minimum Gasteiger partial charge on any atom is -0.495 e. The average Bonchev–Trinajstić information content (AvgIpc) is 2.72. The number of halogens is 1. The van der Waals surface area contributed by atoms with E-state index in [1.54, 1.807) is 25.3 Å². The van der Waals surface area contributed by atoms with E-state index in [0.29, 0.717) is 22.9 Å². The standard InChI is InChI=1S/C22H28ClN3O2/c1-28-21-8-7-19(23)17-20(21)24-22(27)10-12-26-15-13-25(14-16-26)11-9-18-5-3-2-4-6-18/h2-8,17H,9-16H2,1H3,(H,24,27). The quantitative estimate of drug-likeness (QED) is 0.734. The third-order valence-electron chi connectivity index (χ3n) is 5.12. The van der Waals surface area contributed by atoms with Gasteiger partial charge in [0.25, 0.3) is 0 Å². The molecule has 2 aromatic rings. The first kappa shape index (κ1) is 20.6. The molecule has 0 bridgehead atoms. The van der Waals surface area contributed by atoms with Crippen LogP contribution in [0.25, 0.3) is 0 Å². The number of amides is 1. The summed E-state index contributed by atoms with van der Waals surface area (Å²) in [7, 11) is 1.58. The zero-order valence-electron chi connectivity index (χ0n) is 16.4. The largest absolute Gasteiger partial charge is 0.495 e. The van der Waals surface area contributed by atoms with Crippen LogP contribution in [-0.2, 0) is 11.2 Å². The van der Waals surface area contributed by atoms with Crippen LogP contribution in [-0.4, -0.2) is 62.1 Å². The zero-order chi connectivity index (χ0) is 19.8. The SMILES string of the molecule is COc1ccc(Cl)cc1NC(=O)CCN1CCN(CCc2ccccc2)CC1. The van der Waals surface area contributed by atoms with Gasteiger partial charge in [0.2, 0.25) is 5.91 Å². The molecule has 1 aliphatic heterocycles. The smallest absolute Gasteiger partial charge is 0.225 e. The molecule has 1 amide bonds. The Morgan fingerprint density at radius 3 is 2.39 bits per heavy atom. The molecule has 3 rings (SSSR count). The summed E-state index contributed by atoms with van der Waals surface area (Å²) in [5.74, 6) is 0.594. The van der Waals surface area contributed by atoms with Crippen molar-refractivity contribution in [2.75, 3.05) is 51.7 Å². The topological polar surface area (TPSA) is 44.8 Å². The van der Waals surface area contributed by atoms with Gasteiger partial charge in [0.05, 0.1) is 12.8 Å². The molecule has 1 fully saturated rings. The molecule has 6 heteroatoms. The second-order valence-corrected chi connectivity index (χ2v) is 7.50. The van der Waals surface area contributed by atoms with Gasteiger partial charge >= 0.3 is 0 Å². The van der Waals surface area contributed by atoms with E-state index in [9.17, 15) is 4.79 Å². The average molecular weight is 402 g/mol. The number of methoxy groups -OCH3 is 1. The van der Waals surface area contributed by atoms with Gasteiger partial charge in [0.15, 0.2) is 0 Å². The molecule has 0 saturated carbocycles. The number of anilines is 1. The van der Waals surface area contributed by atoms with Crippen LogP contribution in [0.5, 0.6) is 5.75 Å². The maximum absolute atomic E-state index is 12.3. The molecule has 0 atom stereocenters. The fraction of sp³-hybridized carbons (Fsp3) is 0.409. The predicted molar refractivity (Wildman–Crippen MR) is 114 cm³/mol. The first-order valence-corrected chi connectivity index (χ1v) is 10.1. The molecule has 0 unspecified atom stereocenters. The lowest BCUT2D eigenvalue weighted by Gasteiger charge is -2.34. The molecule has 0 spiro atoms. The summed E-state index contributed by atoms with van der Waals surface area (Å²) >= 11 is 6.01. The van der Waals surface area contributed by atoms with Crippen LogP contribution < -0.4 is 10.1 Å². The van der Waals surface area contributed by atoms with E-state index in [1.807, 2.05) is 0 Å². The van der Waals surface area contributed by atoms with Crippen LogP contribution in [0.3, 0.4) is 0 Å². The number of hydrogen-bond donors (Lipinski definition) is 1. The van der Waals surface area contributed by atoms with Crippen LogP contribution in [0.2, 0.25) is 5.02 Å². The van der Waals surface area contributed by atoms with Gasteiger partial charge < -0.3 is 19.9 Å². The summed E-state index contributed by atoms with van der Waals surface area (Å²) < 4.78 is 5.27. The Morgan fingerprint density at radius 2 is 1.71 bits per heavy atom. The van der Waals surface area contributed by atoms with Crippen LogP contribution in [0.15, 0.2) is 48.5 Å². The van der Waals surface area contributed by atoms with Crippen molar-refractivity contribution in [1.29, 1.82) is 0 Å². The molecule has 2 aromatic carbocycles. The molecular formula is C22H28ClN3O2. The van der Waals surface area contributed by atoms with Crippen LogP contribution in [0.1, 0.15) is 12.0 Å². The Bertz CT molecular complexity index is 762. The number of carbonyl (C=O) groups is 1. The summed E-state index contributed by atoms with van der Waals surface area (Å²) in [4.78, 5) is 17.2. The fourth-order valence-electron chi connectivity index (χ4n) is 3.42. The number of carbonyl (C=O) groups excluding carboxylic acids is 1. The van der Waals surface area contributed by atoms with Crippen molar-refractivity contribution in [2.24, 2.45) is 0 Å². The van der Waals surface area contributed by atoms with E-state index in [-0.39, 0.29) is 5.91 Å². The molecule has 0 aromatic heterocycles. The Hall–Kier alpha value is -2.08. The van der Waals surface area contributed by atoms with E-state index in [1.165, 1.54) is 5.56 Å². The van der Waals surface area contributed by atoms with Crippen molar-refractivity contribution in [2.45, 2.75) is 12.8 Å². The Kier molecular flexibility index (Phi) is 7.71. The lowest BCUT2D eigenvalue weighted by atomic mass is 10.1. The summed E-state index contributed by atoms with van der Waals surface area (Å²) in [5, 5.41) is 3.48. The number of nitrogens with zero attached hydrogens (tertiary/aromatic N) is 2. The van der Waals surface area contributed by atoms with Gasteiger partial charge in [-0.1, -0.05) is 41.9 Å². The molecule has 28 heavy (non-hydrogen) atoms. The first-order valence-electron chi connectivity index (χ1n) is 9.76. The van der Waals surface area contributed by atoms with Crippen molar-refractivity contribution in [3.05, 3.63) is 59.1 Å². The molecule has 5 nitrogen and oxygen atoms in total. The zero-order valence-corrected chi connectivity index (χ0v) is 17.1. The number of piperazine rings is 1. The fourth-order valence-corrected chi connectivity index (χ4v) is 3.59. The molecule has 150 valence electrons. The van der Waals surface area contributed by atoms with Crippen molar-refractivity contribution in [1.82, 2.24) is 9.80 Å². The number of hydrogen-bond acceptors (Lipinski definition) is 4. The molecular weight excluding hydrogens is 374 g/mol. The second kappa shape index (κ2) is 10.5. The lowest BCUT2D eigenvalue weighted by molar-refractivity contribution is -0.116. The molecule has 1 saturated heterocycles. The highest BCUT2D eigenvalue weighted by atomic mass is 35.5. The highest BCUT2D eigenvalue weighted by Gasteiger charge is 2.17. The van der Waals surface area contributed by atoms with Crippen molar-refractivity contribution >= 4 is 23.2 Å². The number of nitrogens with one attached hydrogen (secondary N) is 1. The van der Waals surface area contributed by atoms with E-state index in [4.69, 9.17) is 16.3 Å². The van der Waals surface area contributed by atoms with Gasteiger partial charge in [-0.2, -0.15) is 0 Å². The van der Waals surface area contributed by atoms with Gasteiger partial charge in [0, 0.05) is 50.7 Å². The van der Waals surface area contributed by atoms with Crippen LogP contribution in [0.4, 0.5) is 5.69 Å². The van der Waals surface area contributed by atoms with E-state index in [2.05, 4.69) is 45.4 Å². The highest BCUT2D eigenvalue weighted by molar-refractivity contribution is 6.31. The number of ether oxygens (including phenoxy) is 1. The summed E-state index contributed by atoms with van der Waals surface area (Å²) in [6.45, 7) is 5.96. The van der Waals surface area contributed by atoms with E-state index in [0.717, 1.165) is 45.7 Å². The van der Waals surface area contributed by atoms with Crippen molar-refractivity contribution in [3.63, 3.8) is 0 Å². The highest BCUT2D eigenvalue weighted by Crippen LogP contribution is 2.27. The minimum absolute atomic E-state index is 0.0212. The van der Waals surface area contributed by atoms with Gasteiger partial charge in [0.1, 0.15) is 5.75 Å².